The van der Waals surface area contributed by atoms with Crippen molar-refractivity contribution in [3.8, 4) is 0 Å². The summed E-state index contributed by atoms with van der Waals surface area (Å²) < 4.78 is 31.7. The molecule has 0 radical (unpaired) electrons. The number of nitrogens with one attached hydrogen (secondary N) is 1. The van der Waals surface area contributed by atoms with Crippen molar-refractivity contribution in [2.75, 3.05) is 27.2 Å². The summed E-state index contributed by atoms with van der Waals surface area (Å²) >= 11 is 0. The number of rotatable bonds is 5. The molecule has 20 heavy (non-hydrogen) atoms. The van der Waals surface area contributed by atoms with Crippen LogP contribution in [-0.2, 0) is 14.8 Å². The summed E-state index contributed by atoms with van der Waals surface area (Å²) in [7, 11) is 0.101. The van der Waals surface area contributed by atoms with Crippen molar-refractivity contribution in [1.29, 1.82) is 0 Å². The van der Waals surface area contributed by atoms with Gasteiger partial charge in [-0.2, -0.15) is 4.31 Å². The maximum Gasteiger partial charge on any atom is 0.243 e. The molecule has 1 N–H and O–H groups in total. The Morgan fingerprint density at radius 3 is 2.50 bits per heavy atom. The Morgan fingerprint density at radius 1 is 1.35 bits per heavy atom. The Kier molecular flexibility index (Phi) is 4.80. The molecule has 2 atom stereocenters. The molecule has 1 aromatic rings. The Hall–Kier alpha value is -0.950. The molecule has 0 saturated carbocycles. The van der Waals surface area contributed by atoms with Crippen LogP contribution in [0.4, 0.5) is 0 Å². The topological polar surface area (TPSA) is 58.6 Å². The highest BCUT2D eigenvalue weighted by atomic mass is 32.2. The lowest BCUT2D eigenvalue weighted by atomic mass is 10.1. The molecule has 0 amide bonds. The van der Waals surface area contributed by atoms with Gasteiger partial charge in [0.2, 0.25) is 10.0 Å². The van der Waals surface area contributed by atoms with Gasteiger partial charge in [0.1, 0.15) is 0 Å². The Labute approximate surface area is 121 Å². The summed E-state index contributed by atoms with van der Waals surface area (Å²) in [4.78, 5) is 0.348. The zero-order valence-corrected chi connectivity index (χ0v) is 13.0. The molecule has 1 saturated heterocycles. The molecule has 1 heterocycles. The number of methoxy groups -OCH3 is 1. The first-order valence-corrected chi connectivity index (χ1v) is 8.23. The molecule has 1 aromatic carbocycles. The number of benzene rings is 1. The first-order valence-electron chi connectivity index (χ1n) is 6.79. The number of nitrogens with zero attached hydrogens (tertiary/aromatic N) is 1. The van der Waals surface area contributed by atoms with Gasteiger partial charge in [-0.1, -0.05) is 12.1 Å². The van der Waals surface area contributed by atoms with Crippen LogP contribution in [0.15, 0.2) is 29.2 Å². The SMILES string of the molecule is CNC(C)c1ccc(S(=O)(=O)N2CCC(OC)C2)cc1. The Balaban J connectivity index is 2.18. The van der Waals surface area contributed by atoms with Crippen LogP contribution in [-0.4, -0.2) is 46.1 Å². The van der Waals surface area contributed by atoms with Gasteiger partial charge in [-0.25, -0.2) is 8.42 Å². The lowest BCUT2D eigenvalue weighted by molar-refractivity contribution is 0.115. The monoisotopic (exact) mass is 298 g/mol. The second-order valence-corrected chi connectivity index (χ2v) is 7.03. The molecule has 5 nitrogen and oxygen atoms in total. The van der Waals surface area contributed by atoms with Crippen LogP contribution in [0.2, 0.25) is 0 Å². The van der Waals surface area contributed by atoms with Crippen molar-refractivity contribution in [2.24, 2.45) is 0 Å². The number of sulfonamides is 1. The van der Waals surface area contributed by atoms with Gasteiger partial charge in [0.05, 0.1) is 11.0 Å². The van der Waals surface area contributed by atoms with Crippen LogP contribution >= 0.6 is 0 Å². The molecule has 1 fully saturated rings. The molecular formula is C14H22N2O3S. The van der Waals surface area contributed by atoms with Gasteiger partial charge >= 0.3 is 0 Å². The second-order valence-electron chi connectivity index (χ2n) is 5.09. The summed E-state index contributed by atoms with van der Waals surface area (Å²) in [5, 5.41) is 3.13. The fourth-order valence-electron chi connectivity index (χ4n) is 2.35. The van der Waals surface area contributed by atoms with E-state index >= 15 is 0 Å². The van der Waals surface area contributed by atoms with Crippen molar-refractivity contribution >= 4 is 10.0 Å². The van der Waals surface area contributed by atoms with Crippen LogP contribution in [0.25, 0.3) is 0 Å². The summed E-state index contributed by atoms with van der Waals surface area (Å²) in [6.45, 7) is 3.00. The van der Waals surface area contributed by atoms with E-state index in [-0.39, 0.29) is 12.1 Å². The molecule has 112 valence electrons. The summed E-state index contributed by atoms with van der Waals surface area (Å²) in [5.74, 6) is 0. The van der Waals surface area contributed by atoms with Crippen LogP contribution in [0.1, 0.15) is 24.9 Å². The average Bonchev–Trinajstić information content (AvgIpc) is 2.96. The van der Waals surface area contributed by atoms with E-state index in [1.165, 1.54) is 4.31 Å². The summed E-state index contributed by atoms with van der Waals surface area (Å²) in [5.41, 5.74) is 1.07. The van der Waals surface area contributed by atoms with Crippen LogP contribution < -0.4 is 5.32 Å². The lowest BCUT2D eigenvalue weighted by Crippen LogP contribution is -2.30. The zero-order valence-electron chi connectivity index (χ0n) is 12.2. The smallest absolute Gasteiger partial charge is 0.243 e. The van der Waals surface area contributed by atoms with E-state index in [0.717, 1.165) is 12.0 Å². The van der Waals surface area contributed by atoms with E-state index in [9.17, 15) is 8.42 Å². The Morgan fingerprint density at radius 2 is 2.00 bits per heavy atom. The van der Waals surface area contributed by atoms with Crippen molar-refractivity contribution < 1.29 is 13.2 Å². The van der Waals surface area contributed by atoms with Gasteiger partial charge in [0.15, 0.2) is 0 Å². The average molecular weight is 298 g/mol. The third-order valence-corrected chi connectivity index (χ3v) is 5.77. The molecule has 0 bridgehead atoms. The second kappa shape index (κ2) is 6.22. The van der Waals surface area contributed by atoms with Crippen molar-refractivity contribution in [3.05, 3.63) is 29.8 Å². The number of hydrogen-bond acceptors (Lipinski definition) is 4. The van der Waals surface area contributed by atoms with E-state index in [1.807, 2.05) is 26.1 Å². The van der Waals surface area contributed by atoms with E-state index in [0.29, 0.717) is 18.0 Å². The van der Waals surface area contributed by atoms with Crippen LogP contribution in [0, 0.1) is 0 Å². The highest BCUT2D eigenvalue weighted by Crippen LogP contribution is 2.23. The highest BCUT2D eigenvalue weighted by Gasteiger charge is 2.32. The van der Waals surface area contributed by atoms with Crippen LogP contribution in [0.3, 0.4) is 0 Å². The van der Waals surface area contributed by atoms with Gasteiger partial charge in [0.25, 0.3) is 0 Å². The minimum atomic E-state index is -3.40. The van der Waals surface area contributed by atoms with Gasteiger partial charge in [-0.15, -0.1) is 0 Å². The first kappa shape index (κ1) is 15.4. The maximum atomic E-state index is 12.5. The number of ether oxygens (including phenoxy) is 1. The van der Waals surface area contributed by atoms with Crippen molar-refractivity contribution in [2.45, 2.75) is 30.4 Å². The lowest BCUT2D eigenvalue weighted by Gasteiger charge is -2.17. The minimum absolute atomic E-state index is 0.00774. The van der Waals surface area contributed by atoms with Gasteiger partial charge in [-0.05, 0) is 38.1 Å². The van der Waals surface area contributed by atoms with E-state index in [1.54, 1.807) is 19.2 Å². The fourth-order valence-corrected chi connectivity index (χ4v) is 3.84. The fraction of sp³-hybridized carbons (Fsp3) is 0.571. The molecule has 2 rings (SSSR count). The van der Waals surface area contributed by atoms with E-state index in [4.69, 9.17) is 4.74 Å². The molecule has 0 aromatic heterocycles. The third-order valence-electron chi connectivity index (χ3n) is 3.89. The number of hydrogen-bond donors (Lipinski definition) is 1. The van der Waals surface area contributed by atoms with Crippen molar-refractivity contribution in [1.82, 2.24) is 9.62 Å². The standard InChI is InChI=1S/C14H22N2O3S/c1-11(15-2)12-4-6-14(7-5-12)20(17,18)16-9-8-13(10-16)19-3/h4-7,11,13,15H,8-10H2,1-3H3. The predicted molar refractivity (Wildman–Crippen MR) is 78.1 cm³/mol. The highest BCUT2D eigenvalue weighted by molar-refractivity contribution is 7.89. The molecule has 2 unspecified atom stereocenters. The normalized spacial score (nSPS) is 22.1. The van der Waals surface area contributed by atoms with Crippen LogP contribution in [0.5, 0.6) is 0 Å². The first-order chi connectivity index (χ1) is 9.48. The third kappa shape index (κ3) is 3.03. The van der Waals surface area contributed by atoms with E-state index in [2.05, 4.69) is 5.32 Å². The molecule has 1 aliphatic rings. The molecule has 0 spiro atoms. The van der Waals surface area contributed by atoms with Gasteiger partial charge < -0.3 is 10.1 Å². The minimum Gasteiger partial charge on any atom is -0.380 e. The molecular weight excluding hydrogens is 276 g/mol. The quantitative estimate of drug-likeness (QED) is 0.892. The predicted octanol–water partition coefficient (Wildman–Crippen LogP) is 1.38. The van der Waals surface area contributed by atoms with Crippen molar-refractivity contribution in [3.63, 3.8) is 0 Å². The van der Waals surface area contributed by atoms with Gasteiger partial charge in [0, 0.05) is 26.2 Å². The largest absolute Gasteiger partial charge is 0.380 e. The maximum absolute atomic E-state index is 12.5. The van der Waals surface area contributed by atoms with Gasteiger partial charge in [-0.3, -0.25) is 0 Å². The molecule has 0 aliphatic carbocycles. The molecule has 6 heteroatoms. The summed E-state index contributed by atoms with van der Waals surface area (Å²) in [6.07, 6.45) is 0.762. The zero-order chi connectivity index (χ0) is 14.8. The summed E-state index contributed by atoms with van der Waals surface area (Å²) in [6, 6.07) is 7.28. The Bertz CT molecular complexity index is 542. The van der Waals surface area contributed by atoms with E-state index < -0.39 is 10.0 Å². The molecule has 1 aliphatic heterocycles.